The summed E-state index contributed by atoms with van der Waals surface area (Å²) in [5, 5.41) is 10.9. The molecule has 1 aliphatic heterocycles. The number of aromatic nitrogens is 3. The van der Waals surface area contributed by atoms with Gasteiger partial charge in [-0.05, 0) is 37.6 Å². The van der Waals surface area contributed by atoms with E-state index in [-0.39, 0.29) is 0 Å². The van der Waals surface area contributed by atoms with Gasteiger partial charge >= 0.3 is 0 Å². The number of nitrogens with one attached hydrogen (secondary N) is 2. The fourth-order valence-electron chi connectivity index (χ4n) is 3.50. The van der Waals surface area contributed by atoms with Gasteiger partial charge in [-0.1, -0.05) is 28.9 Å². The Balaban J connectivity index is 1.24. The summed E-state index contributed by atoms with van der Waals surface area (Å²) in [6.07, 6.45) is 3.42. The Morgan fingerprint density at radius 3 is 2.87 bits per heavy atom. The number of pyridine rings is 1. The summed E-state index contributed by atoms with van der Waals surface area (Å²) in [7, 11) is 1.79. The Hall–Kier alpha value is -3.42. The number of hydrogen-bond donors (Lipinski definition) is 2. The number of aliphatic imine (C=N–C) groups is 1. The van der Waals surface area contributed by atoms with Gasteiger partial charge in [-0.3, -0.25) is 9.98 Å². The maximum absolute atomic E-state index is 5.30. The number of guanidine groups is 1. The summed E-state index contributed by atoms with van der Waals surface area (Å²) in [6, 6.07) is 14.7. The molecule has 0 aliphatic carbocycles. The lowest BCUT2D eigenvalue weighted by Gasteiger charge is -2.20. The smallest absolute Gasteiger partial charge is 0.276 e. The van der Waals surface area contributed by atoms with Crippen molar-refractivity contribution in [1.82, 2.24) is 25.8 Å². The van der Waals surface area contributed by atoms with Crippen molar-refractivity contribution >= 4 is 11.6 Å². The topological polar surface area (TPSA) is 91.5 Å². The fourth-order valence-corrected chi connectivity index (χ4v) is 3.50. The number of benzene rings is 1. The second-order valence-electron chi connectivity index (χ2n) is 7.39. The quantitative estimate of drug-likeness (QED) is 0.481. The molecule has 0 radical (unpaired) electrons. The Morgan fingerprint density at radius 1 is 1.23 bits per heavy atom. The highest BCUT2D eigenvalue weighted by Crippen LogP contribution is 2.20. The summed E-state index contributed by atoms with van der Waals surface area (Å²) in [5.74, 6) is 1.87. The van der Waals surface area contributed by atoms with Crippen molar-refractivity contribution in [3.8, 4) is 11.6 Å². The molecule has 4 rings (SSSR count). The molecule has 1 atom stereocenters. The minimum atomic E-state index is 0.360. The van der Waals surface area contributed by atoms with Crippen LogP contribution in [0.4, 0.5) is 5.69 Å². The first-order chi connectivity index (χ1) is 14.7. The van der Waals surface area contributed by atoms with Crippen LogP contribution in [-0.2, 0) is 6.42 Å². The molecule has 3 aromatic rings. The Labute approximate surface area is 176 Å². The van der Waals surface area contributed by atoms with Gasteiger partial charge < -0.3 is 20.1 Å². The SMILES string of the molecule is CN=C(NCCc1noc(-c2ccccn2)n1)NC1CCN(c2ccc(C)cc2)C1. The van der Waals surface area contributed by atoms with Gasteiger partial charge in [0.25, 0.3) is 5.89 Å². The van der Waals surface area contributed by atoms with Crippen LogP contribution < -0.4 is 15.5 Å². The molecule has 2 aromatic heterocycles. The molecule has 1 aliphatic rings. The molecule has 0 amide bonds. The molecule has 8 nitrogen and oxygen atoms in total. The minimum absolute atomic E-state index is 0.360. The lowest BCUT2D eigenvalue weighted by molar-refractivity contribution is 0.421. The maximum atomic E-state index is 5.30. The van der Waals surface area contributed by atoms with Crippen LogP contribution in [0.1, 0.15) is 17.8 Å². The summed E-state index contributed by atoms with van der Waals surface area (Å²) < 4.78 is 5.30. The monoisotopic (exact) mass is 405 g/mol. The number of anilines is 1. The molecule has 3 heterocycles. The Bertz CT molecular complexity index is 969. The van der Waals surface area contributed by atoms with E-state index in [4.69, 9.17) is 4.52 Å². The third-order valence-electron chi connectivity index (χ3n) is 5.14. The van der Waals surface area contributed by atoms with Gasteiger partial charge in [0.15, 0.2) is 11.8 Å². The van der Waals surface area contributed by atoms with Gasteiger partial charge in [0, 0.05) is 51.0 Å². The van der Waals surface area contributed by atoms with Crippen molar-refractivity contribution in [2.45, 2.75) is 25.8 Å². The average Bonchev–Trinajstić information content (AvgIpc) is 3.44. The first kappa shape index (κ1) is 19.9. The zero-order valence-electron chi connectivity index (χ0n) is 17.4. The lowest BCUT2D eigenvalue weighted by atomic mass is 10.2. The second kappa shape index (κ2) is 9.39. The molecule has 0 saturated carbocycles. The molecule has 1 fully saturated rings. The highest BCUT2D eigenvalue weighted by molar-refractivity contribution is 5.80. The summed E-state index contributed by atoms with van der Waals surface area (Å²) in [4.78, 5) is 15.4. The third-order valence-corrected chi connectivity index (χ3v) is 5.14. The lowest BCUT2D eigenvalue weighted by Crippen LogP contribution is -2.45. The second-order valence-corrected chi connectivity index (χ2v) is 7.39. The number of aryl methyl sites for hydroxylation is 1. The fraction of sp³-hybridized carbons (Fsp3) is 0.364. The van der Waals surface area contributed by atoms with Crippen LogP contribution in [0, 0.1) is 6.92 Å². The van der Waals surface area contributed by atoms with E-state index in [2.05, 4.69) is 66.8 Å². The molecule has 0 spiro atoms. The van der Waals surface area contributed by atoms with E-state index in [1.54, 1.807) is 13.2 Å². The largest absolute Gasteiger partial charge is 0.369 e. The average molecular weight is 406 g/mol. The van der Waals surface area contributed by atoms with Crippen LogP contribution in [0.3, 0.4) is 0 Å². The van der Waals surface area contributed by atoms with Gasteiger partial charge in [0.1, 0.15) is 5.69 Å². The summed E-state index contributed by atoms with van der Waals surface area (Å²) in [5.41, 5.74) is 3.24. The van der Waals surface area contributed by atoms with Crippen LogP contribution in [0.5, 0.6) is 0 Å². The zero-order valence-corrected chi connectivity index (χ0v) is 17.4. The van der Waals surface area contributed by atoms with Gasteiger partial charge in [0.2, 0.25) is 0 Å². The molecule has 1 saturated heterocycles. The van der Waals surface area contributed by atoms with E-state index in [1.807, 2.05) is 18.2 Å². The molecule has 1 aromatic carbocycles. The van der Waals surface area contributed by atoms with Crippen molar-refractivity contribution in [3.05, 3.63) is 60.0 Å². The molecular formula is C22H27N7O. The third kappa shape index (κ3) is 4.94. The standard InChI is InChI=1S/C22H27N7O/c1-16-6-8-18(9-7-16)29-14-11-17(15-29)26-22(23-2)25-13-10-20-27-21(30-28-20)19-5-3-4-12-24-19/h3-9,12,17H,10-11,13-15H2,1-2H3,(H2,23,25,26). The Morgan fingerprint density at radius 2 is 2.10 bits per heavy atom. The summed E-state index contributed by atoms with van der Waals surface area (Å²) >= 11 is 0. The van der Waals surface area contributed by atoms with E-state index in [0.29, 0.717) is 36.4 Å². The van der Waals surface area contributed by atoms with E-state index < -0.39 is 0 Å². The van der Waals surface area contributed by atoms with Crippen molar-refractivity contribution in [1.29, 1.82) is 0 Å². The number of nitrogens with zero attached hydrogens (tertiary/aromatic N) is 5. The molecule has 1 unspecified atom stereocenters. The van der Waals surface area contributed by atoms with Crippen LogP contribution in [0.25, 0.3) is 11.6 Å². The van der Waals surface area contributed by atoms with Crippen molar-refractivity contribution in [2.24, 2.45) is 4.99 Å². The normalized spacial score (nSPS) is 16.7. The van der Waals surface area contributed by atoms with Crippen molar-refractivity contribution in [2.75, 3.05) is 31.6 Å². The molecule has 2 N–H and O–H groups in total. The van der Waals surface area contributed by atoms with Crippen LogP contribution in [-0.4, -0.2) is 53.8 Å². The van der Waals surface area contributed by atoms with Crippen LogP contribution in [0.2, 0.25) is 0 Å². The van der Waals surface area contributed by atoms with Gasteiger partial charge in [-0.25, -0.2) is 0 Å². The highest BCUT2D eigenvalue weighted by atomic mass is 16.5. The van der Waals surface area contributed by atoms with Gasteiger partial charge in [-0.2, -0.15) is 4.98 Å². The number of hydrogen-bond acceptors (Lipinski definition) is 6. The van der Waals surface area contributed by atoms with E-state index in [1.165, 1.54) is 11.3 Å². The number of rotatable bonds is 6. The molecular weight excluding hydrogens is 378 g/mol. The Kier molecular flexibility index (Phi) is 6.22. The van der Waals surface area contributed by atoms with Crippen LogP contribution in [0.15, 0.2) is 58.2 Å². The van der Waals surface area contributed by atoms with Crippen molar-refractivity contribution in [3.63, 3.8) is 0 Å². The molecule has 156 valence electrons. The zero-order chi connectivity index (χ0) is 20.8. The molecule has 30 heavy (non-hydrogen) atoms. The molecule has 0 bridgehead atoms. The van der Waals surface area contributed by atoms with Gasteiger partial charge in [-0.15, -0.1) is 0 Å². The molecule has 8 heteroatoms. The van der Waals surface area contributed by atoms with Gasteiger partial charge in [0.05, 0.1) is 0 Å². The maximum Gasteiger partial charge on any atom is 0.276 e. The van der Waals surface area contributed by atoms with Crippen LogP contribution >= 0.6 is 0 Å². The first-order valence-corrected chi connectivity index (χ1v) is 10.2. The van der Waals surface area contributed by atoms with E-state index in [9.17, 15) is 0 Å². The summed E-state index contributed by atoms with van der Waals surface area (Å²) in [6.45, 7) is 4.77. The first-order valence-electron chi connectivity index (χ1n) is 10.2. The predicted octanol–water partition coefficient (Wildman–Crippen LogP) is 2.43. The highest BCUT2D eigenvalue weighted by Gasteiger charge is 2.23. The van der Waals surface area contributed by atoms with E-state index in [0.717, 1.165) is 25.5 Å². The van der Waals surface area contributed by atoms with E-state index >= 15 is 0 Å². The minimum Gasteiger partial charge on any atom is -0.369 e. The predicted molar refractivity (Wildman–Crippen MR) is 118 cm³/mol. The van der Waals surface area contributed by atoms with Crippen molar-refractivity contribution < 1.29 is 4.52 Å².